The molecule has 1 amide bonds. The van der Waals surface area contributed by atoms with Gasteiger partial charge in [-0.2, -0.15) is 13.2 Å². The fourth-order valence-corrected chi connectivity index (χ4v) is 3.83. The van der Waals surface area contributed by atoms with Crippen molar-refractivity contribution in [2.24, 2.45) is 0 Å². The number of rotatable bonds is 5. The number of amides is 1. The molecular weight excluding hydrogens is 460 g/mol. The molecule has 162 valence electrons. The van der Waals surface area contributed by atoms with E-state index >= 15 is 0 Å². The van der Waals surface area contributed by atoms with E-state index in [0.29, 0.717) is 18.2 Å². The molecular formula is C20H13ClF4N2O3S. The van der Waals surface area contributed by atoms with Gasteiger partial charge in [0.2, 0.25) is 0 Å². The van der Waals surface area contributed by atoms with Crippen LogP contribution in [-0.4, -0.2) is 14.3 Å². The van der Waals surface area contributed by atoms with Crippen molar-refractivity contribution in [3.63, 3.8) is 0 Å². The topological polar surface area (TPSA) is 75.3 Å². The minimum atomic E-state index is -4.56. The smallest absolute Gasteiger partial charge is 0.319 e. The Labute approximate surface area is 179 Å². The minimum absolute atomic E-state index is 0.101. The first-order chi connectivity index (χ1) is 14.5. The zero-order chi connectivity index (χ0) is 22.8. The molecule has 2 N–H and O–H groups in total. The van der Waals surface area contributed by atoms with Crippen molar-refractivity contribution in [3.05, 3.63) is 88.7 Å². The third-order valence-corrected chi connectivity index (χ3v) is 5.79. The van der Waals surface area contributed by atoms with Gasteiger partial charge >= 0.3 is 6.18 Å². The molecule has 3 aromatic rings. The highest BCUT2D eigenvalue weighted by atomic mass is 35.5. The van der Waals surface area contributed by atoms with Crippen molar-refractivity contribution in [2.45, 2.75) is 11.1 Å². The van der Waals surface area contributed by atoms with Gasteiger partial charge in [0.1, 0.15) is 5.82 Å². The number of benzene rings is 3. The molecule has 0 aromatic heterocycles. The van der Waals surface area contributed by atoms with Gasteiger partial charge < -0.3 is 5.32 Å². The van der Waals surface area contributed by atoms with Gasteiger partial charge in [-0.1, -0.05) is 23.7 Å². The van der Waals surface area contributed by atoms with Crippen molar-refractivity contribution in [2.75, 3.05) is 10.0 Å². The van der Waals surface area contributed by atoms with Crippen LogP contribution in [0.2, 0.25) is 5.02 Å². The largest absolute Gasteiger partial charge is 0.416 e. The van der Waals surface area contributed by atoms with Crippen LogP contribution in [0.3, 0.4) is 0 Å². The maximum absolute atomic E-state index is 14.4. The van der Waals surface area contributed by atoms with Crippen LogP contribution in [0.1, 0.15) is 15.9 Å². The second-order valence-electron chi connectivity index (χ2n) is 6.26. The third-order valence-electron chi connectivity index (χ3n) is 4.08. The number of hydrogen-bond donors (Lipinski definition) is 2. The molecule has 0 aliphatic rings. The Morgan fingerprint density at radius 2 is 1.58 bits per heavy atom. The first-order valence-electron chi connectivity index (χ1n) is 8.53. The number of hydrogen-bond acceptors (Lipinski definition) is 3. The highest BCUT2D eigenvalue weighted by Gasteiger charge is 2.30. The maximum Gasteiger partial charge on any atom is 0.416 e. The molecule has 0 saturated heterocycles. The number of carbonyl (C=O) groups is 1. The van der Waals surface area contributed by atoms with Crippen molar-refractivity contribution >= 4 is 38.9 Å². The van der Waals surface area contributed by atoms with Crippen LogP contribution in [0, 0.1) is 5.82 Å². The number of halogens is 5. The summed E-state index contributed by atoms with van der Waals surface area (Å²) in [5.41, 5.74) is -1.26. The zero-order valence-electron chi connectivity index (χ0n) is 15.4. The molecule has 0 saturated carbocycles. The third kappa shape index (κ3) is 5.33. The molecule has 0 aliphatic carbocycles. The van der Waals surface area contributed by atoms with Crippen LogP contribution in [0.15, 0.2) is 71.6 Å². The number of anilines is 2. The molecule has 0 aliphatic heterocycles. The summed E-state index contributed by atoms with van der Waals surface area (Å²) in [5, 5.41) is 2.45. The van der Waals surface area contributed by atoms with Crippen LogP contribution in [-0.2, 0) is 16.2 Å². The van der Waals surface area contributed by atoms with Crippen LogP contribution < -0.4 is 10.0 Å². The van der Waals surface area contributed by atoms with Crippen molar-refractivity contribution in [3.8, 4) is 0 Å². The molecule has 0 fully saturated rings. The average Bonchev–Trinajstić information content (AvgIpc) is 2.69. The normalized spacial score (nSPS) is 11.8. The highest BCUT2D eigenvalue weighted by molar-refractivity contribution is 7.92. The van der Waals surface area contributed by atoms with E-state index in [1.807, 2.05) is 0 Å². The van der Waals surface area contributed by atoms with Crippen molar-refractivity contribution < 1.29 is 30.8 Å². The fraction of sp³-hybridized carbons (Fsp3) is 0.0500. The van der Waals surface area contributed by atoms with Crippen LogP contribution >= 0.6 is 11.6 Å². The average molecular weight is 473 g/mol. The van der Waals surface area contributed by atoms with Gasteiger partial charge in [0.05, 0.1) is 26.7 Å². The zero-order valence-corrected chi connectivity index (χ0v) is 16.9. The van der Waals surface area contributed by atoms with Crippen LogP contribution in [0.4, 0.5) is 28.9 Å². The number of sulfonamides is 1. The number of nitrogens with one attached hydrogen (secondary N) is 2. The first-order valence-corrected chi connectivity index (χ1v) is 10.4. The molecule has 3 aromatic carbocycles. The minimum Gasteiger partial charge on any atom is -0.319 e. The summed E-state index contributed by atoms with van der Waals surface area (Å²) in [6.07, 6.45) is -4.56. The van der Waals surface area contributed by atoms with Gasteiger partial charge in [-0.05, 0) is 54.6 Å². The van der Waals surface area contributed by atoms with Gasteiger partial charge in [0.15, 0.2) is 0 Å². The molecule has 31 heavy (non-hydrogen) atoms. The molecule has 5 nitrogen and oxygen atoms in total. The van der Waals surface area contributed by atoms with Gasteiger partial charge in [0.25, 0.3) is 15.9 Å². The van der Waals surface area contributed by atoms with Crippen molar-refractivity contribution in [1.29, 1.82) is 0 Å². The summed E-state index contributed by atoms with van der Waals surface area (Å²) in [6.45, 7) is 0. The Balaban J connectivity index is 1.78. The summed E-state index contributed by atoms with van der Waals surface area (Å²) >= 11 is 5.92. The molecule has 0 bridgehead atoms. The predicted octanol–water partition coefficient (Wildman–Crippen LogP) is 5.55. The van der Waals surface area contributed by atoms with Crippen LogP contribution in [0.5, 0.6) is 0 Å². The van der Waals surface area contributed by atoms with E-state index in [0.717, 1.165) is 24.3 Å². The summed E-state index contributed by atoms with van der Waals surface area (Å²) in [4.78, 5) is 11.7. The molecule has 11 heteroatoms. The molecule has 0 unspecified atom stereocenters. The Morgan fingerprint density at radius 3 is 2.16 bits per heavy atom. The molecule has 0 heterocycles. The lowest BCUT2D eigenvalue weighted by atomic mass is 10.2. The van der Waals surface area contributed by atoms with E-state index in [2.05, 4.69) is 10.0 Å². The summed E-state index contributed by atoms with van der Waals surface area (Å²) in [6, 6.07) is 12.2. The SMILES string of the molecule is O=C(Nc1ccc(S(=O)(=O)Nc2ccc(C(F)(F)F)cc2)cc1F)c1ccccc1Cl. The van der Waals surface area contributed by atoms with E-state index in [4.69, 9.17) is 11.6 Å². The summed E-state index contributed by atoms with van der Waals surface area (Å²) in [5.74, 6) is -1.72. The monoisotopic (exact) mass is 472 g/mol. The number of carbonyl (C=O) groups excluding carboxylic acids is 1. The highest BCUT2D eigenvalue weighted by Crippen LogP contribution is 2.30. The predicted molar refractivity (Wildman–Crippen MR) is 108 cm³/mol. The molecule has 0 radical (unpaired) electrons. The number of alkyl halides is 3. The fourth-order valence-electron chi connectivity index (χ4n) is 2.54. The van der Waals surface area contributed by atoms with E-state index in [1.54, 1.807) is 12.1 Å². The Hall–Kier alpha value is -3.11. The Morgan fingerprint density at radius 1 is 0.935 bits per heavy atom. The van der Waals surface area contributed by atoms with Gasteiger partial charge in [-0.3, -0.25) is 9.52 Å². The molecule has 0 atom stereocenters. The van der Waals surface area contributed by atoms with Crippen molar-refractivity contribution in [1.82, 2.24) is 0 Å². The Bertz CT molecular complexity index is 1230. The molecule has 3 rings (SSSR count). The summed E-state index contributed by atoms with van der Waals surface area (Å²) < 4.78 is 79.2. The standard InChI is InChI=1S/C20H13ClF4N2O3S/c21-16-4-2-1-3-15(16)19(28)26-18-10-9-14(11-17(18)22)31(29,30)27-13-7-5-12(6-8-13)20(23,24)25/h1-11,27H,(H,26,28). The first kappa shape index (κ1) is 22.6. The van der Waals surface area contributed by atoms with E-state index in [9.17, 15) is 30.8 Å². The lowest BCUT2D eigenvalue weighted by molar-refractivity contribution is -0.137. The lowest BCUT2D eigenvalue weighted by Crippen LogP contribution is -2.16. The van der Waals surface area contributed by atoms with Gasteiger partial charge in [0, 0.05) is 5.69 Å². The van der Waals surface area contributed by atoms with E-state index in [1.165, 1.54) is 12.1 Å². The maximum atomic E-state index is 14.4. The quantitative estimate of drug-likeness (QED) is 0.478. The van der Waals surface area contributed by atoms with Crippen LogP contribution in [0.25, 0.3) is 0 Å². The molecule has 0 spiro atoms. The second kappa shape index (κ2) is 8.56. The second-order valence-corrected chi connectivity index (χ2v) is 8.35. The Kier molecular flexibility index (Phi) is 6.23. The lowest BCUT2D eigenvalue weighted by Gasteiger charge is -2.12. The van der Waals surface area contributed by atoms with Gasteiger partial charge in [-0.25, -0.2) is 12.8 Å². The summed E-state index contributed by atoms with van der Waals surface area (Å²) in [7, 11) is -4.29. The van der Waals surface area contributed by atoms with E-state index < -0.39 is 38.4 Å². The van der Waals surface area contributed by atoms with Gasteiger partial charge in [-0.15, -0.1) is 0 Å². The van der Waals surface area contributed by atoms with E-state index in [-0.39, 0.29) is 22.0 Å².